The topological polar surface area (TPSA) is 80.2 Å². The van der Waals surface area contributed by atoms with Gasteiger partial charge < -0.3 is 15.1 Å². The summed E-state index contributed by atoms with van der Waals surface area (Å²) in [6, 6.07) is 9.00. The van der Waals surface area contributed by atoms with Crippen LogP contribution in [0.5, 0.6) is 0 Å². The fraction of sp³-hybridized carbons (Fsp3) is 0.280. The Bertz CT molecular complexity index is 1430. The number of halogens is 4. The number of para-hydroxylation sites is 1. The molecule has 3 aromatic rings. The zero-order chi connectivity index (χ0) is 26.6. The number of likely N-dealkylation sites (N-methyl/N-ethyl adjacent to an activating group) is 1. The Morgan fingerprint density at radius 1 is 0.974 bits per heavy atom. The van der Waals surface area contributed by atoms with Crippen molar-refractivity contribution in [2.24, 2.45) is 4.99 Å². The number of carbonyl (C=O) groups excluding carboxylic acids is 1. The van der Waals surface area contributed by atoms with Crippen LogP contribution < -0.4 is 20.0 Å². The molecule has 3 aliphatic heterocycles. The molecule has 3 aliphatic rings. The van der Waals surface area contributed by atoms with Gasteiger partial charge in [-0.3, -0.25) is 14.7 Å². The lowest BCUT2D eigenvalue weighted by Crippen LogP contribution is -2.51. The third-order valence-electron chi connectivity index (χ3n) is 6.73. The molecule has 1 fully saturated rings. The van der Waals surface area contributed by atoms with Crippen LogP contribution in [-0.4, -0.2) is 73.1 Å². The molecule has 0 radical (unpaired) electrons. The number of hydrogen-bond donors (Lipinski definition) is 1. The molecule has 9 nitrogen and oxygen atoms in total. The number of piperazine rings is 1. The highest BCUT2D eigenvalue weighted by molar-refractivity contribution is 9.10. The number of amides is 1. The molecule has 0 spiro atoms. The maximum absolute atomic E-state index is 13.6. The molecule has 1 N–H and O–H groups in total. The first-order valence-corrected chi connectivity index (χ1v) is 13.9. The monoisotopic (exact) mass is 634 g/mol. The van der Waals surface area contributed by atoms with Crippen molar-refractivity contribution in [2.75, 3.05) is 66.3 Å². The maximum atomic E-state index is 13.6. The molecule has 38 heavy (non-hydrogen) atoms. The number of nitrogens with one attached hydrogen (secondary N) is 1. The van der Waals surface area contributed by atoms with Crippen LogP contribution in [-0.2, 0) is 0 Å². The summed E-state index contributed by atoms with van der Waals surface area (Å²) in [5.41, 5.74) is 2.36. The molecule has 0 atom stereocenters. The Morgan fingerprint density at radius 3 is 2.42 bits per heavy atom. The Labute approximate surface area is 243 Å². The van der Waals surface area contributed by atoms with E-state index in [-0.39, 0.29) is 5.91 Å². The predicted molar refractivity (Wildman–Crippen MR) is 157 cm³/mol. The summed E-state index contributed by atoms with van der Waals surface area (Å²) in [5, 5.41) is 4.72. The first-order chi connectivity index (χ1) is 18.3. The summed E-state index contributed by atoms with van der Waals surface area (Å²) < 4.78 is 0.685. The van der Waals surface area contributed by atoms with E-state index in [1.807, 2.05) is 29.2 Å². The van der Waals surface area contributed by atoms with E-state index < -0.39 is 0 Å². The maximum Gasteiger partial charge on any atom is 0.270 e. The number of rotatable bonds is 4. The van der Waals surface area contributed by atoms with Gasteiger partial charge in [0.05, 0.1) is 33.0 Å². The molecule has 6 rings (SSSR count). The zero-order valence-corrected chi connectivity index (χ0v) is 24.1. The summed E-state index contributed by atoms with van der Waals surface area (Å²) in [6.07, 6.45) is 1.52. The fourth-order valence-corrected chi connectivity index (χ4v) is 6.47. The van der Waals surface area contributed by atoms with E-state index in [0.717, 1.165) is 31.9 Å². The van der Waals surface area contributed by atoms with Gasteiger partial charge in [0, 0.05) is 49.1 Å². The van der Waals surface area contributed by atoms with E-state index in [0.29, 0.717) is 67.3 Å². The molecule has 196 valence electrons. The van der Waals surface area contributed by atoms with Crippen LogP contribution in [0.15, 0.2) is 46.0 Å². The number of aromatic nitrogens is 2. The largest absolute Gasteiger partial charge is 0.367 e. The Hall–Kier alpha value is -2.63. The number of hydrogen-bond acceptors (Lipinski definition) is 8. The number of aliphatic imine (C=N–C) groups is 1. The van der Waals surface area contributed by atoms with Crippen LogP contribution in [0.4, 0.5) is 28.8 Å². The summed E-state index contributed by atoms with van der Waals surface area (Å²) in [7, 11) is 2.10. The van der Waals surface area contributed by atoms with Crippen molar-refractivity contribution in [3.05, 3.63) is 61.6 Å². The highest BCUT2D eigenvalue weighted by Gasteiger charge is 2.41. The molecule has 0 saturated carbocycles. The number of guanidine groups is 1. The first-order valence-electron chi connectivity index (χ1n) is 12.0. The molecule has 13 heteroatoms. The second-order valence-electron chi connectivity index (χ2n) is 9.18. The summed E-state index contributed by atoms with van der Waals surface area (Å²) >= 11 is 23.3. The van der Waals surface area contributed by atoms with Crippen molar-refractivity contribution in [3.63, 3.8) is 0 Å². The number of fused-ring (bicyclic) bond motifs is 3. The zero-order valence-electron chi connectivity index (χ0n) is 20.3. The number of nitrogens with zero attached hydrogens (tertiary/aromatic N) is 7. The van der Waals surface area contributed by atoms with Gasteiger partial charge in [-0.2, -0.15) is 4.98 Å². The van der Waals surface area contributed by atoms with Crippen molar-refractivity contribution < 1.29 is 4.79 Å². The highest BCUT2D eigenvalue weighted by Crippen LogP contribution is 2.41. The number of carbonyl (C=O) groups is 1. The SMILES string of the molecule is CN1CCN(c2c(Cl)cc(Nc3ncc4c(n3)N3CCN=C3N(c3c(Cl)cccc3Br)C4=O)cc2Cl)CC1. The van der Waals surface area contributed by atoms with Gasteiger partial charge in [0.15, 0.2) is 5.82 Å². The van der Waals surface area contributed by atoms with E-state index in [1.165, 1.54) is 11.1 Å². The van der Waals surface area contributed by atoms with Crippen molar-refractivity contribution in [2.45, 2.75) is 0 Å². The summed E-state index contributed by atoms with van der Waals surface area (Å²) in [4.78, 5) is 35.2. The first kappa shape index (κ1) is 25.6. The van der Waals surface area contributed by atoms with Crippen LogP contribution in [0.1, 0.15) is 10.4 Å². The van der Waals surface area contributed by atoms with Gasteiger partial charge in [-0.1, -0.05) is 40.9 Å². The highest BCUT2D eigenvalue weighted by atomic mass is 79.9. The van der Waals surface area contributed by atoms with Crippen LogP contribution >= 0.6 is 50.7 Å². The smallest absolute Gasteiger partial charge is 0.270 e. The normalized spacial score (nSPS) is 17.4. The quantitative estimate of drug-likeness (QED) is 0.404. The second-order valence-corrected chi connectivity index (χ2v) is 11.3. The van der Waals surface area contributed by atoms with Crippen molar-refractivity contribution in [3.8, 4) is 0 Å². The van der Waals surface area contributed by atoms with Crippen LogP contribution in [0.25, 0.3) is 0 Å². The van der Waals surface area contributed by atoms with Gasteiger partial charge in [0.25, 0.3) is 5.91 Å². The Morgan fingerprint density at radius 2 is 1.71 bits per heavy atom. The van der Waals surface area contributed by atoms with Crippen LogP contribution in [0, 0.1) is 0 Å². The van der Waals surface area contributed by atoms with Gasteiger partial charge in [0.1, 0.15) is 5.56 Å². The average molecular weight is 637 g/mol. The Balaban J connectivity index is 1.31. The predicted octanol–water partition coefficient (Wildman–Crippen LogP) is 5.53. The molecule has 1 amide bonds. The van der Waals surface area contributed by atoms with E-state index in [1.54, 1.807) is 6.07 Å². The number of benzene rings is 2. The summed E-state index contributed by atoms with van der Waals surface area (Å²) in [6.45, 7) is 4.69. The lowest BCUT2D eigenvalue weighted by molar-refractivity contribution is 0.0999. The third kappa shape index (κ3) is 4.48. The lowest BCUT2D eigenvalue weighted by Gasteiger charge is -2.35. The summed E-state index contributed by atoms with van der Waals surface area (Å²) in [5.74, 6) is 0.965. The van der Waals surface area contributed by atoms with Gasteiger partial charge in [-0.25, -0.2) is 9.88 Å². The Kier molecular flexibility index (Phi) is 6.86. The lowest BCUT2D eigenvalue weighted by atomic mass is 10.1. The molecule has 4 heterocycles. The molecule has 0 aliphatic carbocycles. The molecular formula is C25H22BrCl3N8O. The molecular weight excluding hydrogens is 615 g/mol. The molecule has 1 saturated heterocycles. The van der Waals surface area contributed by atoms with E-state index in [9.17, 15) is 4.79 Å². The molecule has 0 unspecified atom stereocenters. The fourth-order valence-electron chi connectivity index (χ4n) is 4.83. The van der Waals surface area contributed by atoms with Gasteiger partial charge >= 0.3 is 0 Å². The number of anilines is 5. The average Bonchev–Trinajstić information content (AvgIpc) is 3.36. The molecule has 1 aromatic heterocycles. The van der Waals surface area contributed by atoms with Gasteiger partial charge in [-0.05, 0) is 47.2 Å². The van der Waals surface area contributed by atoms with Gasteiger partial charge in [0.2, 0.25) is 11.9 Å². The van der Waals surface area contributed by atoms with Crippen molar-refractivity contribution in [1.82, 2.24) is 14.9 Å². The minimum atomic E-state index is -0.306. The molecule has 0 bridgehead atoms. The second kappa shape index (κ2) is 10.2. The standard InChI is InChI=1S/C25H22BrCl3N8O/c1-34-7-9-35(10-8-34)21-18(28)11-14(12-19(21)29)32-24-31-13-15-22(33-24)36-6-5-30-25(36)37(23(15)38)20-16(26)3-2-4-17(20)27/h2-4,11-13H,5-10H2,1H3,(H,31,32,33). The van der Waals surface area contributed by atoms with Crippen molar-refractivity contribution in [1.29, 1.82) is 0 Å². The van der Waals surface area contributed by atoms with Crippen LogP contribution in [0.3, 0.4) is 0 Å². The van der Waals surface area contributed by atoms with E-state index >= 15 is 0 Å². The van der Waals surface area contributed by atoms with E-state index in [2.05, 4.69) is 53.1 Å². The third-order valence-corrected chi connectivity index (χ3v) is 8.25. The molecule has 2 aromatic carbocycles. The van der Waals surface area contributed by atoms with Crippen molar-refractivity contribution >= 4 is 91.4 Å². The minimum absolute atomic E-state index is 0.306. The van der Waals surface area contributed by atoms with Gasteiger partial charge in [-0.15, -0.1) is 0 Å². The van der Waals surface area contributed by atoms with E-state index in [4.69, 9.17) is 34.8 Å². The minimum Gasteiger partial charge on any atom is -0.367 e. The van der Waals surface area contributed by atoms with Crippen LogP contribution in [0.2, 0.25) is 15.1 Å².